The van der Waals surface area contributed by atoms with Crippen LogP contribution in [0.5, 0.6) is 0 Å². The van der Waals surface area contributed by atoms with Crippen LogP contribution in [0.25, 0.3) is 0 Å². The zero-order chi connectivity index (χ0) is 6.57. The molecule has 1 atom stereocenters. The molecule has 0 unspecified atom stereocenters. The van der Waals surface area contributed by atoms with Gasteiger partial charge in [0.25, 0.3) is 0 Å². The number of nitrogens with one attached hydrogen (secondary N) is 1. The lowest BCUT2D eigenvalue weighted by Gasteiger charge is -1.98. The molecule has 8 heavy (non-hydrogen) atoms. The first kappa shape index (κ1) is 7.85. The molecule has 3 nitrogen and oxygen atoms in total. The third-order valence-corrected chi connectivity index (χ3v) is 0.531. The maximum atomic E-state index is 5.39. The van der Waals surface area contributed by atoms with Crippen molar-refractivity contribution in [3.8, 4) is 0 Å². The summed E-state index contributed by atoms with van der Waals surface area (Å²) >= 11 is 10.5. The molecule has 0 fully saturated rings. The molecule has 0 saturated carbocycles. The van der Waals surface area contributed by atoms with Crippen LogP contribution in [0.15, 0.2) is 5.10 Å². The fourth-order valence-corrected chi connectivity index (χ4v) is 0.248. The number of nitrogens with zero attached hydrogens (tertiary/aromatic N) is 1. The normalized spacial score (nSPS) is 15.6. The van der Waals surface area contributed by atoms with Crippen molar-refractivity contribution in [2.45, 2.75) is 12.4 Å². The third kappa shape index (κ3) is 5.85. The molecule has 0 aliphatic heterocycles. The van der Waals surface area contributed by atoms with Gasteiger partial charge in [-0.1, -0.05) is 11.6 Å². The minimum atomic E-state index is -0.243. The van der Waals surface area contributed by atoms with Gasteiger partial charge >= 0.3 is 0 Å². The molecule has 0 aliphatic carbocycles. The molecular weight excluding hydrogens is 149 g/mol. The highest BCUT2D eigenvalue weighted by molar-refractivity contribution is 6.64. The van der Waals surface area contributed by atoms with Crippen LogP contribution in [-0.2, 0) is 0 Å². The zero-order valence-electron chi connectivity index (χ0n) is 4.36. The van der Waals surface area contributed by atoms with Crippen LogP contribution in [0, 0.1) is 0 Å². The minimum absolute atomic E-state index is 0.0440. The van der Waals surface area contributed by atoms with E-state index < -0.39 is 0 Å². The SMILES string of the molecule is C[C@@H](Cl)NN=C(N)Cl. The van der Waals surface area contributed by atoms with Gasteiger partial charge in [-0.15, -0.1) is 5.10 Å². The van der Waals surface area contributed by atoms with E-state index in [0.29, 0.717) is 0 Å². The Morgan fingerprint density at radius 3 is 2.50 bits per heavy atom. The van der Waals surface area contributed by atoms with Crippen molar-refractivity contribution in [3.05, 3.63) is 0 Å². The van der Waals surface area contributed by atoms with Crippen LogP contribution in [0.2, 0.25) is 0 Å². The first-order valence-corrected chi connectivity index (χ1v) is 2.82. The van der Waals surface area contributed by atoms with Crippen molar-refractivity contribution in [1.82, 2.24) is 5.43 Å². The van der Waals surface area contributed by atoms with Crippen LogP contribution in [0.3, 0.4) is 0 Å². The molecule has 48 valence electrons. The van der Waals surface area contributed by atoms with Crippen LogP contribution < -0.4 is 11.2 Å². The lowest BCUT2D eigenvalue weighted by atomic mass is 10.8. The molecule has 0 rings (SSSR count). The quantitative estimate of drug-likeness (QED) is 0.202. The first-order valence-electron chi connectivity index (χ1n) is 2.01. The Kier molecular flexibility index (Phi) is 3.73. The molecule has 0 aliphatic rings. The molecule has 0 spiro atoms. The van der Waals surface area contributed by atoms with Crippen LogP contribution in [-0.4, -0.2) is 10.8 Å². The maximum Gasteiger partial charge on any atom is 0.211 e. The van der Waals surface area contributed by atoms with E-state index in [2.05, 4.69) is 10.5 Å². The summed E-state index contributed by atoms with van der Waals surface area (Å²) in [5.41, 5.74) is 7.13. The Morgan fingerprint density at radius 1 is 1.88 bits per heavy atom. The number of hydrogen-bond acceptors (Lipinski definition) is 2. The highest BCUT2D eigenvalue weighted by Gasteiger charge is 1.87. The molecule has 0 bridgehead atoms. The van der Waals surface area contributed by atoms with Crippen molar-refractivity contribution in [3.63, 3.8) is 0 Å². The molecule has 0 radical (unpaired) electrons. The van der Waals surface area contributed by atoms with Crippen LogP contribution in [0.1, 0.15) is 6.92 Å². The Morgan fingerprint density at radius 2 is 2.38 bits per heavy atom. The fourth-order valence-electron chi connectivity index (χ4n) is 0.151. The molecule has 5 heteroatoms. The predicted molar refractivity (Wildman–Crippen MR) is 35.9 cm³/mol. The van der Waals surface area contributed by atoms with Gasteiger partial charge in [-0.3, -0.25) is 5.43 Å². The Labute approximate surface area is 57.8 Å². The second-order valence-corrected chi connectivity index (χ2v) is 2.22. The summed E-state index contributed by atoms with van der Waals surface area (Å²) in [7, 11) is 0. The molecular formula is C3H7Cl2N3. The summed E-state index contributed by atoms with van der Waals surface area (Å²) in [6.45, 7) is 1.71. The van der Waals surface area contributed by atoms with Gasteiger partial charge < -0.3 is 5.73 Å². The summed E-state index contributed by atoms with van der Waals surface area (Å²) in [4.78, 5) is 0. The lowest BCUT2D eigenvalue weighted by Crippen LogP contribution is -2.17. The monoisotopic (exact) mass is 155 g/mol. The number of halogens is 2. The van der Waals surface area contributed by atoms with E-state index in [1.165, 1.54) is 0 Å². The number of amidine groups is 1. The Hall–Kier alpha value is -0.150. The van der Waals surface area contributed by atoms with Gasteiger partial charge in [0.2, 0.25) is 5.29 Å². The van der Waals surface area contributed by atoms with E-state index in [4.69, 9.17) is 28.9 Å². The average molecular weight is 156 g/mol. The van der Waals surface area contributed by atoms with Gasteiger partial charge in [-0.25, -0.2) is 0 Å². The standard InChI is InChI=1S/C3H7Cl2N3/c1-2(4)7-8-3(5)6/h2,7H,1H3,(H2,6,8)/t2-/m0/s1. The van der Waals surface area contributed by atoms with Crippen molar-refractivity contribution >= 4 is 28.5 Å². The van der Waals surface area contributed by atoms with Crippen LogP contribution >= 0.6 is 23.2 Å². The molecule has 0 aromatic rings. The van der Waals surface area contributed by atoms with E-state index in [9.17, 15) is 0 Å². The van der Waals surface area contributed by atoms with E-state index in [-0.39, 0.29) is 10.8 Å². The smallest absolute Gasteiger partial charge is 0.211 e. The van der Waals surface area contributed by atoms with Gasteiger partial charge in [0, 0.05) is 0 Å². The van der Waals surface area contributed by atoms with E-state index in [1.54, 1.807) is 6.92 Å². The Bertz CT molecular complexity index is 86.5. The Balaban J connectivity index is 3.29. The van der Waals surface area contributed by atoms with E-state index in [0.717, 1.165) is 0 Å². The molecule has 0 amide bonds. The highest BCUT2D eigenvalue weighted by atomic mass is 35.5. The first-order chi connectivity index (χ1) is 3.63. The minimum Gasteiger partial charge on any atom is -0.373 e. The summed E-state index contributed by atoms with van der Waals surface area (Å²) in [5.74, 6) is 0. The topological polar surface area (TPSA) is 50.4 Å². The average Bonchev–Trinajstić information content (AvgIpc) is 1.61. The third-order valence-electron chi connectivity index (χ3n) is 0.349. The number of hydrogen-bond donors (Lipinski definition) is 2. The summed E-state index contributed by atoms with van der Waals surface area (Å²) in [6.07, 6.45) is 0. The summed E-state index contributed by atoms with van der Waals surface area (Å²) in [6, 6.07) is 0. The number of nitrogens with two attached hydrogens (primary N) is 1. The zero-order valence-corrected chi connectivity index (χ0v) is 5.87. The van der Waals surface area contributed by atoms with E-state index in [1.807, 2.05) is 0 Å². The van der Waals surface area contributed by atoms with Crippen molar-refractivity contribution in [1.29, 1.82) is 0 Å². The summed E-state index contributed by atoms with van der Waals surface area (Å²) < 4.78 is 0. The number of rotatable bonds is 2. The number of hydrazone groups is 1. The number of alkyl halides is 1. The molecule has 0 aromatic carbocycles. The van der Waals surface area contributed by atoms with Crippen LogP contribution in [0.4, 0.5) is 0 Å². The predicted octanol–water partition coefficient (Wildman–Crippen LogP) is 0.629. The lowest BCUT2D eigenvalue weighted by molar-refractivity contribution is 0.728. The summed E-state index contributed by atoms with van der Waals surface area (Å²) in [5, 5.41) is 3.36. The molecule has 0 aromatic heterocycles. The van der Waals surface area contributed by atoms with Crippen molar-refractivity contribution in [2.24, 2.45) is 10.8 Å². The van der Waals surface area contributed by atoms with Gasteiger partial charge in [-0.05, 0) is 18.5 Å². The largest absolute Gasteiger partial charge is 0.373 e. The van der Waals surface area contributed by atoms with E-state index >= 15 is 0 Å². The fraction of sp³-hybridized carbons (Fsp3) is 0.667. The van der Waals surface area contributed by atoms with Crippen molar-refractivity contribution in [2.75, 3.05) is 0 Å². The second kappa shape index (κ2) is 3.80. The molecule has 0 heterocycles. The van der Waals surface area contributed by atoms with Gasteiger partial charge in [0.1, 0.15) is 5.50 Å². The van der Waals surface area contributed by atoms with Crippen molar-refractivity contribution < 1.29 is 0 Å². The highest BCUT2D eigenvalue weighted by Crippen LogP contribution is 1.85. The second-order valence-electron chi connectivity index (χ2n) is 1.18. The maximum absolute atomic E-state index is 5.39. The van der Waals surface area contributed by atoms with Gasteiger partial charge in [0.05, 0.1) is 0 Å². The molecule has 0 saturated heterocycles. The van der Waals surface area contributed by atoms with Gasteiger partial charge in [0.15, 0.2) is 0 Å². The molecule has 3 N–H and O–H groups in total. The van der Waals surface area contributed by atoms with Gasteiger partial charge in [-0.2, -0.15) is 0 Å².